The number of likely N-dealkylation sites (tertiary alicyclic amines) is 1. The van der Waals surface area contributed by atoms with Crippen molar-refractivity contribution < 1.29 is 18.4 Å². The van der Waals surface area contributed by atoms with E-state index >= 15 is 0 Å². The Bertz CT molecular complexity index is 1610. The molecule has 9 heteroatoms. The molecular weight excluding hydrogens is 560 g/mol. The molecule has 2 N–H and O–H groups in total. The van der Waals surface area contributed by atoms with Crippen molar-refractivity contribution in [2.45, 2.75) is 58.8 Å². The number of nitrogens with one attached hydrogen (secondary N) is 2. The minimum absolute atomic E-state index is 0.0265. The Kier molecular flexibility index (Phi) is 9.13. The zero-order valence-electron chi connectivity index (χ0n) is 25.7. The van der Waals surface area contributed by atoms with Crippen molar-refractivity contribution in [2.24, 2.45) is 5.92 Å². The zero-order valence-corrected chi connectivity index (χ0v) is 25.7. The highest BCUT2D eigenvalue weighted by molar-refractivity contribution is 6.00. The van der Waals surface area contributed by atoms with E-state index in [0.29, 0.717) is 30.4 Å². The number of aromatic nitrogens is 2. The molecular formula is C35H39F2N5O2. The maximum atomic E-state index is 13.5. The maximum absolute atomic E-state index is 13.5. The summed E-state index contributed by atoms with van der Waals surface area (Å²) >= 11 is 0. The van der Waals surface area contributed by atoms with E-state index in [9.17, 15) is 18.4 Å². The van der Waals surface area contributed by atoms with Crippen molar-refractivity contribution in [3.8, 4) is 5.69 Å². The van der Waals surface area contributed by atoms with Gasteiger partial charge in [0.2, 0.25) is 5.91 Å². The largest absolute Gasteiger partial charge is 0.342 e. The van der Waals surface area contributed by atoms with Gasteiger partial charge >= 0.3 is 6.03 Å². The molecule has 3 aromatic carbocycles. The van der Waals surface area contributed by atoms with Gasteiger partial charge in [-0.15, -0.1) is 0 Å². The first-order valence-electron chi connectivity index (χ1n) is 15.0. The number of anilines is 2. The Morgan fingerprint density at radius 3 is 2.23 bits per heavy atom. The fourth-order valence-corrected chi connectivity index (χ4v) is 5.51. The van der Waals surface area contributed by atoms with Gasteiger partial charge in [-0.3, -0.25) is 10.1 Å². The van der Waals surface area contributed by atoms with Crippen LogP contribution in [0.4, 0.5) is 25.1 Å². The molecule has 0 bridgehead atoms. The summed E-state index contributed by atoms with van der Waals surface area (Å²) in [5.41, 5.74) is 4.74. The molecule has 3 amide bonds. The number of para-hydroxylation sites is 1. The zero-order chi connectivity index (χ0) is 31.4. The summed E-state index contributed by atoms with van der Waals surface area (Å²) in [6, 6.07) is 20.5. The molecule has 0 radical (unpaired) electrons. The van der Waals surface area contributed by atoms with Crippen LogP contribution >= 0.6 is 0 Å². The van der Waals surface area contributed by atoms with E-state index < -0.39 is 11.6 Å². The first-order valence-corrected chi connectivity index (χ1v) is 15.0. The SMILES string of the molecule is Cc1ccc(-n2nc(C(C)(C)C)cc2NC(=O)Nc2ccccc2CC2CCN(C(=O)Cc3cc(F)cc(F)c3)CC2)cc1. The fourth-order valence-electron chi connectivity index (χ4n) is 5.51. The van der Waals surface area contributed by atoms with Gasteiger partial charge in [0.05, 0.1) is 17.8 Å². The number of halogens is 2. The second-order valence-corrected chi connectivity index (χ2v) is 12.6. The molecule has 4 aromatic rings. The molecule has 0 unspecified atom stereocenters. The van der Waals surface area contributed by atoms with Crippen LogP contribution in [-0.4, -0.2) is 39.7 Å². The van der Waals surface area contributed by atoms with E-state index in [1.54, 1.807) is 9.58 Å². The van der Waals surface area contributed by atoms with Crippen molar-refractivity contribution >= 4 is 23.4 Å². The third-order valence-electron chi connectivity index (χ3n) is 8.02. The summed E-state index contributed by atoms with van der Waals surface area (Å²) in [7, 11) is 0. The number of amides is 3. The Morgan fingerprint density at radius 2 is 1.57 bits per heavy atom. The summed E-state index contributed by atoms with van der Waals surface area (Å²) in [4.78, 5) is 27.8. The van der Waals surface area contributed by atoms with E-state index in [2.05, 4.69) is 31.4 Å². The number of urea groups is 1. The number of piperidine rings is 1. The normalized spacial score (nSPS) is 14.0. The highest BCUT2D eigenvalue weighted by Gasteiger charge is 2.25. The third kappa shape index (κ3) is 7.70. The van der Waals surface area contributed by atoms with E-state index in [1.165, 1.54) is 12.1 Å². The third-order valence-corrected chi connectivity index (χ3v) is 8.02. The lowest BCUT2D eigenvalue weighted by Gasteiger charge is -2.32. The quantitative estimate of drug-likeness (QED) is 0.232. The van der Waals surface area contributed by atoms with Crippen LogP contribution in [0.1, 0.15) is 56.0 Å². The van der Waals surface area contributed by atoms with E-state index in [1.807, 2.05) is 61.5 Å². The highest BCUT2D eigenvalue weighted by atomic mass is 19.1. The average Bonchev–Trinajstić information content (AvgIpc) is 3.38. The Labute approximate surface area is 257 Å². The number of aryl methyl sites for hydroxylation is 1. The predicted molar refractivity (Wildman–Crippen MR) is 169 cm³/mol. The standard InChI is InChI=1S/C35H39F2N5O2/c1-23-9-11-29(12-10-23)42-32(22-31(40-42)35(2,3)4)39-34(44)38-30-8-6-5-7-26(30)17-24-13-15-41(16-14-24)33(43)20-25-18-27(36)21-28(37)19-25/h5-12,18-19,21-22,24H,13-17,20H2,1-4H3,(H2,38,39,44). The molecule has 1 saturated heterocycles. The molecule has 1 fully saturated rings. The summed E-state index contributed by atoms with van der Waals surface area (Å²) < 4.78 is 28.8. The van der Waals surface area contributed by atoms with Gasteiger partial charge < -0.3 is 10.2 Å². The van der Waals surface area contributed by atoms with Gasteiger partial charge in [-0.2, -0.15) is 5.10 Å². The molecule has 44 heavy (non-hydrogen) atoms. The van der Waals surface area contributed by atoms with Crippen LogP contribution < -0.4 is 10.6 Å². The first-order chi connectivity index (χ1) is 20.9. The molecule has 7 nitrogen and oxygen atoms in total. The molecule has 0 spiro atoms. The fraction of sp³-hybridized carbons (Fsp3) is 0.343. The molecule has 230 valence electrons. The Balaban J connectivity index is 1.21. The number of hydrogen-bond acceptors (Lipinski definition) is 3. The van der Waals surface area contributed by atoms with Gasteiger partial charge in [-0.1, -0.05) is 56.7 Å². The monoisotopic (exact) mass is 599 g/mol. The van der Waals surface area contributed by atoms with Crippen molar-refractivity contribution in [3.05, 3.63) is 107 Å². The van der Waals surface area contributed by atoms with Crippen LogP contribution in [0, 0.1) is 24.5 Å². The highest BCUT2D eigenvalue weighted by Crippen LogP contribution is 2.28. The predicted octanol–water partition coefficient (Wildman–Crippen LogP) is 7.42. The van der Waals surface area contributed by atoms with Crippen molar-refractivity contribution in [1.82, 2.24) is 14.7 Å². The Hall–Kier alpha value is -4.53. The number of nitrogens with zero attached hydrogens (tertiary/aromatic N) is 3. The van der Waals surface area contributed by atoms with E-state index in [-0.39, 0.29) is 23.8 Å². The number of carbonyl (C=O) groups is 2. The van der Waals surface area contributed by atoms with Gasteiger partial charge in [0.25, 0.3) is 0 Å². The molecule has 5 rings (SSSR count). The minimum Gasteiger partial charge on any atom is -0.342 e. The molecule has 0 aliphatic carbocycles. The van der Waals surface area contributed by atoms with Crippen LogP contribution in [-0.2, 0) is 23.1 Å². The van der Waals surface area contributed by atoms with Crippen LogP contribution in [0.25, 0.3) is 5.69 Å². The van der Waals surface area contributed by atoms with Crippen LogP contribution in [0.5, 0.6) is 0 Å². The van der Waals surface area contributed by atoms with Crippen LogP contribution in [0.3, 0.4) is 0 Å². The van der Waals surface area contributed by atoms with Crippen LogP contribution in [0.2, 0.25) is 0 Å². The summed E-state index contributed by atoms with van der Waals surface area (Å²) in [5.74, 6) is -0.592. The van der Waals surface area contributed by atoms with Crippen molar-refractivity contribution in [1.29, 1.82) is 0 Å². The summed E-state index contributed by atoms with van der Waals surface area (Å²) in [6.07, 6.45) is 2.33. The van der Waals surface area contributed by atoms with Gasteiger partial charge in [0, 0.05) is 36.3 Å². The van der Waals surface area contributed by atoms with Gasteiger partial charge in [-0.25, -0.2) is 18.3 Å². The Morgan fingerprint density at radius 1 is 0.909 bits per heavy atom. The lowest BCUT2D eigenvalue weighted by atomic mass is 9.89. The number of benzene rings is 3. The maximum Gasteiger partial charge on any atom is 0.324 e. The lowest BCUT2D eigenvalue weighted by molar-refractivity contribution is -0.131. The lowest BCUT2D eigenvalue weighted by Crippen LogP contribution is -2.39. The topological polar surface area (TPSA) is 79.3 Å². The van der Waals surface area contributed by atoms with Crippen molar-refractivity contribution in [3.63, 3.8) is 0 Å². The van der Waals surface area contributed by atoms with Gasteiger partial charge in [0.15, 0.2) is 0 Å². The molecule has 0 atom stereocenters. The molecule has 2 heterocycles. The molecule has 0 saturated carbocycles. The van der Waals surface area contributed by atoms with Crippen LogP contribution in [0.15, 0.2) is 72.8 Å². The average molecular weight is 600 g/mol. The first kappa shape index (κ1) is 30.9. The van der Waals surface area contributed by atoms with Gasteiger partial charge in [0.1, 0.15) is 17.5 Å². The second kappa shape index (κ2) is 13.0. The van der Waals surface area contributed by atoms with E-state index in [0.717, 1.165) is 53.5 Å². The smallest absolute Gasteiger partial charge is 0.324 e. The second-order valence-electron chi connectivity index (χ2n) is 12.6. The number of hydrogen-bond donors (Lipinski definition) is 2. The molecule has 1 aliphatic heterocycles. The minimum atomic E-state index is -0.681. The van der Waals surface area contributed by atoms with Crippen molar-refractivity contribution in [2.75, 3.05) is 23.7 Å². The summed E-state index contributed by atoms with van der Waals surface area (Å²) in [6.45, 7) is 9.44. The molecule has 1 aliphatic rings. The van der Waals surface area contributed by atoms with E-state index in [4.69, 9.17) is 5.10 Å². The number of carbonyl (C=O) groups excluding carboxylic acids is 2. The number of rotatable bonds is 7. The molecule has 1 aromatic heterocycles. The summed E-state index contributed by atoms with van der Waals surface area (Å²) in [5, 5.41) is 10.8. The van der Waals surface area contributed by atoms with Gasteiger partial charge in [-0.05, 0) is 73.6 Å².